The van der Waals surface area contributed by atoms with Gasteiger partial charge in [-0.25, -0.2) is 4.98 Å². The maximum Gasteiger partial charge on any atom is 0.304 e. The van der Waals surface area contributed by atoms with Crippen LogP contribution < -0.4 is 0 Å². The van der Waals surface area contributed by atoms with Gasteiger partial charge >= 0.3 is 5.97 Å². The van der Waals surface area contributed by atoms with Crippen LogP contribution in [0.2, 0.25) is 0 Å². The lowest BCUT2D eigenvalue weighted by Crippen LogP contribution is -2.42. The second kappa shape index (κ2) is 6.04. The van der Waals surface area contributed by atoms with E-state index >= 15 is 0 Å². The Morgan fingerprint density at radius 1 is 1.56 bits per heavy atom. The number of rotatable bonds is 4. The van der Waals surface area contributed by atoms with E-state index in [4.69, 9.17) is 5.11 Å². The SMILES string of the molecule is Cc1nc(C)c(CN2CCSCC2CC(=O)O)s1. The van der Waals surface area contributed by atoms with Crippen molar-refractivity contribution in [3.8, 4) is 0 Å². The zero-order valence-electron chi connectivity index (χ0n) is 10.7. The first kappa shape index (κ1) is 13.8. The summed E-state index contributed by atoms with van der Waals surface area (Å²) in [6.07, 6.45) is 0.240. The summed E-state index contributed by atoms with van der Waals surface area (Å²) in [5, 5.41) is 10.0. The second-order valence-corrected chi connectivity index (χ2v) is 6.98. The van der Waals surface area contributed by atoms with Gasteiger partial charge in [0.05, 0.1) is 17.1 Å². The predicted octanol–water partition coefficient (Wildman–Crippen LogP) is 2.15. The highest BCUT2D eigenvalue weighted by atomic mass is 32.2. The van der Waals surface area contributed by atoms with Crippen LogP contribution in [0.4, 0.5) is 0 Å². The zero-order valence-corrected chi connectivity index (χ0v) is 12.3. The number of hydrogen-bond acceptors (Lipinski definition) is 5. The molecular weight excluding hydrogens is 268 g/mol. The molecule has 0 aliphatic carbocycles. The van der Waals surface area contributed by atoms with Crippen molar-refractivity contribution < 1.29 is 9.90 Å². The molecule has 6 heteroatoms. The Balaban J connectivity index is 2.05. The number of carboxylic acids is 1. The van der Waals surface area contributed by atoms with Crippen LogP contribution in [0.25, 0.3) is 0 Å². The predicted molar refractivity (Wildman–Crippen MR) is 75.4 cm³/mol. The highest BCUT2D eigenvalue weighted by molar-refractivity contribution is 7.99. The molecule has 2 heterocycles. The summed E-state index contributed by atoms with van der Waals surface area (Å²) in [6.45, 7) is 5.86. The number of thiazole rings is 1. The van der Waals surface area contributed by atoms with E-state index in [0.717, 1.165) is 35.3 Å². The van der Waals surface area contributed by atoms with Crippen molar-refractivity contribution in [2.45, 2.75) is 32.9 Å². The molecular formula is C12H18N2O2S2. The average Bonchev–Trinajstić information content (AvgIpc) is 2.59. The summed E-state index contributed by atoms with van der Waals surface area (Å²) < 4.78 is 0. The summed E-state index contributed by atoms with van der Waals surface area (Å²) in [4.78, 5) is 18.9. The molecule has 0 radical (unpaired) electrons. The summed E-state index contributed by atoms with van der Waals surface area (Å²) >= 11 is 3.57. The molecule has 0 saturated carbocycles. The molecule has 0 bridgehead atoms. The number of carbonyl (C=O) groups is 1. The van der Waals surface area contributed by atoms with Crippen molar-refractivity contribution in [3.63, 3.8) is 0 Å². The van der Waals surface area contributed by atoms with Gasteiger partial charge in [-0.2, -0.15) is 11.8 Å². The highest BCUT2D eigenvalue weighted by Crippen LogP contribution is 2.25. The van der Waals surface area contributed by atoms with Gasteiger partial charge in [0.1, 0.15) is 0 Å². The normalized spacial score (nSPS) is 21.1. The zero-order chi connectivity index (χ0) is 13.1. The van der Waals surface area contributed by atoms with E-state index in [1.165, 1.54) is 4.88 Å². The van der Waals surface area contributed by atoms with Crippen molar-refractivity contribution >= 4 is 29.1 Å². The number of aromatic nitrogens is 1. The van der Waals surface area contributed by atoms with Gasteiger partial charge in [-0.05, 0) is 13.8 Å². The van der Waals surface area contributed by atoms with Gasteiger partial charge < -0.3 is 5.11 Å². The quantitative estimate of drug-likeness (QED) is 0.919. The van der Waals surface area contributed by atoms with Gasteiger partial charge in [0, 0.05) is 35.5 Å². The Morgan fingerprint density at radius 2 is 2.33 bits per heavy atom. The van der Waals surface area contributed by atoms with Crippen LogP contribution >= 0.6 is 23.1 Å². The summed E-state index contributed by atoms with van der Waals surface area (Å²) in [7, 11) is 0. The Bertz CT molecular complexity index is 434. The molecule has 1 saturated heterocycles. The van der Waals surface area contributed by atoms with Gasteiger partial charge in [0.2, 0.25) is 0 Å². The molecule has 0 amide bonds. The van der Waals surface area contributed by atoms with Gasteiger partial charge in [0.25, 0.3) is 0 Å². The molecule has 1 aliphatic heterocycles. The lowest BCUT2D eigenvalue weighted by atomic mass is 10.2. The monoisotopic (exact) mass is 286 g/mol. The van der Waals surface area contributed by atoms with E-state index in [2.05, 4.69) is 9.88 Å². The van der Waals surface area contributed by atoms with Crippen molar-refractivity contribution in [1.29, 1.82) is 0 Å². The van der Waals surface area contributed by atoms with Crippen molar-refractivity contribution in [3.05, 3.63) is 15.6 Å². The fraction of sp³-hybridized carbons (Fsp3) is 0.667. The molecule has 1 fully saturated rings. The van der Waals surface area contributed by atoms with Gasteiger partial charge in [-0.3, -0.25) is 9.69 Å². The molecule has 2 rings (SSSR count). The Morgan fingerprint density at radius 3 is 2.94 bits per heavy atom. The summed E-state index contributed by atoms with van der Waals surface area (Å²) in [5.41, 5.74) is 1.09. The molecule has 4 nitrogen and oxygen atoms in total. The molecule has 1 aromatic rings. The van der Waals surface area contributed by atoms with Crippen LogP contribution in [0.15, 0.2) is 0 Å². The minimum Gasteiger partial charge on any atom is -0.481 e. The maximum atomic E-state index is 10.9. The van der Waals surface area contributed by atoms with E-state index < -0.39 is 5.97 Å². The van der Waals surface area contributed by atoms with E-state index in [1.807, 2.05) is 25.6 Å². The van der Waals surface area contributed by atoms with E-state index in [0.29, 0.717) is 0 Å². The van der Waals surface area contributed by atoms with Crippen LogP contribution in [-0.2, 0) is 11.3 Å². The van der Waals surface area contributed by atoms with E-state index in [1.54, 1.807) is 11.3 Å². The third-order valence-electron chi connectivity index (χ3n) is 3.11. The van der Waals surface area contributed by atoms with Crippen LogP contribution in [-0.4, -0.2) is 45.1 Å². The Hall–Kier alpha value is -0.590. The average molecular weight is 286 g/mol. The fourth-order valence-electron chi connectivity index (χ4n) is 2.19. The largest absolute Gasteiger partial charge is 0.481 e. The number of thioether (sulfide) groups is 1. The van der Waals surface area contributed by atoms with E-state index in [-0.39, 0.29) is 12.5 Å². The van der Waals surface area contributed by atoms with Crippen LogP contribution in [0.1, 0.15) is 22.0 Å². The number of aliphatic carboxylic acids is 1. The molecule has 1 atom stereocenters. The Kier molecular flexibility index (Phi) is 4.64. The lowest BCUT2D eigenvalue weighted by Gasteiger charge is -2.34. The second-order valence-electron chi connectivity index (χ2n) is 4.54. The number of hydrogen-bond donors (Lipinski definition) is 1. The number of carboxylic acid groups (broad SMARTS) is 1. The molecule has 0 aromatic carbocycles. The minimum absolute atomic E-state index is 0.156. The Labute approximate surface area is 115 Å². The fourth-order valence-corrected chi connectivity index (χ4v) is 4.29. The number of aryl methyl sites for hydroxylation is 2. The molecule has 1 N–H and O–H groups in total. The maximum absolute atomic E-state index is 10.9. The first-order valence-corrected chi connectivity index (χ1v) is 8.00. The van der Waals surface area contributed by atoms with Crippen LogP contribution in [0.3, 0.4) is 0 Å². The molecule has 1 unspecified atom stereocenters. The van der Waals surface area contributed by atoms with Gasteiger partial charge in [0.15, 0.2) is 0 Å². The highest BCUT2D eigenvalue weighted by Gasteiger charge is 2.25. The van der Waals surface area contributed by atoms with Crippen molar-refractivity contribution in [2.75, 3.05) is 18.1 Å². The van der Waals surface area contributed by atoms with Gasteiger partial charge in [-0.1, -0.05) is 0 Å². The molecule has 1 aromatic heterocycles. The van der Waals surface area contributed by atoms with Gasteiger partial charge in [-0.15, -0.1) is 11.3 Å². The van der Waals surface area contributed by atoms with Crippen LogP contribution in [0.5, 0.6) is 0 Å². The molecule has 1 aliphatic rings. The number of nitrogens with zero attached hydrogens (tertiary/aromatic N) is 2. The van der Waals surface area contributed by atoms with Crippen molar-refractivity contribution in [1.82, 2.24) is 9.88 Å². The molecule has 0 spiro atoms. The summed E-state index contributed by atoms with van der Waals surface area (Å²) in [5.74, 6) is 1.31. The first-order chi connectivity index (χ1) is 8.56. The van der Waals surface area contributed by atoms with Crippen LogP contribution in [0, 0.1) is 13.8 Å². The molecule has 100 valence electrons. The third-order valence-corrected chi connectivity index (χ3v) is 5.26. The standard InChI is InChI=1S/C12H18N2O2S2/c1-8-11(18-9(2)13-8)6-14-3-4-17-7-10(14)5-12(15)16/h10H,3-7H2,1-2H3,(H,15,16). The first-order valence-electron chi connectivity index (χ1n) is 6.02. The topological polar surface area (TPSA) is 53.4 Å². The van der Waals surface area contributed by atoms with E-state index in [9.17, 15) is 4.79 Å². The third kappa shape index (κ3) is 3.46. The minimum atomic E-state index is -0.704. The lowest BCUT2D eigenvalue weighted by molar-refractivity contribution is -0.138. The van der Waals surface area contributed by atoms with Crippen molar-refractivity contribution in [2.24, 2.45) is 0 Å². The smallest absolute Gasteiger partial charge is 0.304 e. The summed E-state index contributed by atoms with van der Waals surface area (Å²) in [6, 6.07) is 0.156. The molecule has 18 heavy (non-hydrogen) atoms.